The predicted molar refractivity (Wildman–Crippen MR) is 78.3 cm³/mol. The Morgan fingerprint density at radius 2 is 1.95 bits per heavy atom. The van der Waals surface area contributed by atoms with Crippen molar-refractivity contribution in [2.75, 3.05) is 31.6 Å². The monoisotopic (exact) mass is 303 g/mol. The fourth-order valence-electron chi connectivity index (χ4n) is 2.51. The van der Waals surface area contributed by atoms with Crippen LogP contribution in [-0.2, 0) is 9.53 Å². The molecule has 0 atom stereocenters. The molecule has 2 fully saturated rings. The summed E-state index contributed by atoms with van der Waals surface area (Å²) in [6.07, 6.45) is -0.590. The van der Waals surface area contributed by atoms with Crippen LogP contribution in [0, 0.1) is 12.8 Å². The Labute approximate surface area is 127 Å². The zero-order valence-electron chi connectivity index (χ0n) is 12.2. The van der Waals surface area contributed by atoms with Crippen LogP contribution in [0.15, 0.2) is 24.3 Å². The summed E-state index contributed by atoms with van der Waals surface area (Å²) < 4.78 is 4.65. The summed E-state index contributed by atoms with van der Waals surface area (Å²) in [6, 6.07) is 7.39. The fourth-order valence-corrected chi connectivity index (χ4v) is 2.51. The third-order valence-electron chi connectivity index (χ3n) is 3.83. The van der Waals surface area contributed by atoms with Crippen molar-refractivity contribution >= 4 is 23.7 Å². The van der Waals surface area contributed by atoms with Crippen LogP contribution in [0.3, 0.4) is 0 Å². The molecule has 1 aromatic rings. The van der Waals surface area contributed by atoms with E-state index in [9.17, 15) is 14.4 Å². The number of likely N-dealkylation sites (tertiary alicyclic amines) is 1. The Kier molecular flexibility index (Phi) is 3.70. The molecule has 22 heavy (non-hydrogen) atoms. The number of hydrogen-bond acceptors (Lipinski definition) is 4. The first-order chi connectivity index (χ1) is 10.5. The number of carbonyl (C=O) groups excluding carboxylic acids is 3. The average Bonchev–Trinajstić information content (AvgIpc) is 2.75. The van der Waals surface area contributed by atoms with E-state index in [1.54, 1.807) is 4.90 Å². The predicted octanol–water partition coefficient (Wildman–Crippen LogP) is 1.44. The topological polar surface area (TPSA) is 79.0 Å². The fraction of sp³-hybridized carbons (Fsp3) is 0.400. The van der Waals surface area contributed by atoms with Crippen LogP contribution in [0.1, 0.15) is 5.56 Å². The van der Waals surface area contributed by atoms with Gasteiger partial charge in [-0.1, -0.05) is 17.7 Å². The van der Waals surface area contributed by atoms with Gasteiger partial charge in [0.2, 0.25) is 0 Å². The van der Waals surface area contributed by atoms with E-state index in [2.05, 4.69) is 10.1 Å². The van der Waals surface area contributed by atoms with Gasteiger partial charge in [0.1, 0.15) is 0 Å². The highest BCUT2D eigenvalue weighted by Crippen LogP contribution is 2.20. The minimum Gasteiger partial charge on any atom is -0.439 e. The number of benzene rings is 1. The van der Waals surface area contributed by atoms with Gasteiger partial charge in [0.15, 0.2) is 6.61 Å². The van der Waals surface area contributed by atoms with Gasteiger partial charge in [-0.2, -0.15) is 0 Å². The summed E-state index contributed by atoms with van der Waals surface area (Å²) in [4.78, 5) is 37.6. The Bertz CT molecular complexity index is 592. The van der Waals surface area contributed by atoms with Crippen molar-refractivity contribution in [3.8, 4) is 0 Å². The van der Waals surface area contributed by atoms with Crippen molar-refractivity contribution in [1.82, 2.24) is 9.80 Å². The lowest BCUT2D eigenvalue weighted by molar-refractivity contribution is -0.126. The lowest BCUT2D eigenvalue weighted by Crippen LogP contribution is -2.55. The maximum absolute atomic E-state index is 12.0. The molecule has 0 radical (unpaired) electrons. The van der Waals surface area contributed by atoms with Crippen molar-refractivity contribution in [2.45, 2.75) is 6.92 Å². The molecule has 0 aromatic heterocycles. The van der Waals surface area contributed by atoms with Crippen molar-refractivity contribution in [1.29, 1.82) is 0 Å². The van der Waals surface area contributed by atoms with E-state index in [-0.39, 0.29) is 24.5 Å². The number of nitrogens with zero attached hydrogens (tertiary/aromatic N) is 2. The number of hydrogen-bond donors (Lipinski definition) is 1. The molecule has 0 bridgehead atoms. The maximum Gasteiger partial charge on any atom is 0.417 e. The molecule has 2 saturated heterocycles. The number of urea groups is 1. The van der Waals surface area contributed by atoms with E-state index in [1.165, 1.54) is 0 Å². The highest BCUT2D eigenvalue weighted by molar-refractivity contribution is 5.97. The van der Waals surface area contributed by atoms with Gasteiger partial charge >= 0.3 is 12.1 Å². The maximum atomic E-state index is 12.0. The molecule has 0 spiro atoms. The minimum atomic E-state index is -0.590. The number of anilines is 1. The number of carbonyl (C=O) groups is 3. The molecular formula is C15H17N3O4. The summed E-state index contributed by atoms with van der Waals surface area (Å²) in [5, 5.41) is 2.82. The van der Waals surface area contributed by atoms with Crippen molar-refractivity contribution in [2.24, 2.45) is 5.92 Å². The van der Waals surface area contributed by atoms with E-state index >= 15 is 0 Å². The van der Waals surface area contributed by atoms with Gasteiger partial charge in [-0.3, -0.25) is 4.79 Å². The molecule has 2 aliphatic rings. The normalized spacial score (nSPS) is 18.2. The first-order valence-corrected chi connectivity index (χ1v) is 7.12. The van der Waals surface area contributed by atoms with E-state index in [1.807, 2.05) is 31.2 Å². The van der Waals surface area contributed by atoms with Crippen LogP contribution in [0.25, 0.3) is 0 Å². The van der Waals surface area contributed by atoms with Crippen LogP contribution >= 0.6 is 0 Å². The van der Waals surface area contributed by atoms with Crippen molar-refractivity contribution < 1.29 is 19.1 Å². The smallest absolute Gasteiger partial charge is 0.417 e. The molecular weight excluding hydrogens is 286 g/mol. The van der Waals surface area contributed by atoms with Crippen LogP contribution in [0.4, 0.5) is 15.3 Å². The summed E-state index contributed by atoms with van der Waals surface area (Å²) >= 11 is 0. The summed E-state index contributed by atoms with van der Waals surface area (Å²) in [5.74, 6) is -0.203. The number of rotatable bonds is 3. The number of aryl methyl sites for hydroxylation is 1. The summed E-state index contributed by atoms with van der Waals surface area (Å²) in [5.41, 5.74) is 1.88. The van der Waals surface area contributed by atoms with Crippen LogP contribution < -0.4 is 5.32 Å². The van der Waals surface area contributed by atoms with Crippen molar-refractivity contribution in [3.05, 3.63) is 29.8 Å². The number of amides is 4. The van der Waals surface area contributed by atoms with Crippen LogP contribution in [-0.4, -0.2) is 54.1 Å². The second kappa shape index (κ2) is 5.67. The average molecular weight is 303 g/mol. The minimum absolute atomic E-state index is 0.110. The molecule has 2 heterocycles. The highest BCUT2D eigenvalue weighted by atomic mass is 16.6. The second-order valence-corrected chi connectivity index (χ2v) is 5.63. The standard InChI is InChI=1S/C15H17N3O4/c1-10-2-4-12(5-3-10)16-14(20)17-6-11(7-17)8-18-13(19)9-22-15(18)21/h2-5,11H,6-9H2,1H3,(H,16,20). The van der Waals surface area contributed by atoms with E-state index in [4.69, 9.17) is 0 Å². The molecule has 7 heteroatoms. The molecule has 3 rings (SSSR count). The third kappa shape index (κ3) is 2.88. The first kappa shape index (κ1) is 14.4. The highest BCUT2D eigenvalue weighted by Gasteiger charge is 2.38. The quantitative estimate of drug-likeness (QED) is 0.916. The second-order valence-electron chi connectivity index (χ2n) is 5.63. The van der Waals surface area contributed by atoms with Gasteiger partial charge in [0.05, 0.1) is 0 Å². The van der Waals surface area contributed by atoms with Gasteiger partial charge in [-0.05, 0) is 19.1 Å². The molecule has 2 aliphatic heterocycles. The molecule has 1 N–H and O–H groups in total. The van der Waals surface area contributed by atoms with Gasteiger partial charge < -0.3 is 15.0 Å². The first-order valence-electron chi connectivity index (χ1n) is 7.12. The Morgan fingerprint density at radius 1 is 1.27 bits per heavy atom. The van der Waals surface area contributed by atoms with Crippen LogP contribution in [0.5, 0.6) is 0 Å². The van der Waals surface area contributed by atoms with Gasteiger partial charge in [0.25, 0.3) is 5.91 Å². The number of cyclic esters (lactones) is 1. The molecule has 4 amide bonds. The van der Waals surface area contributed by atoms with Gasteiger partial charge in [-0.25, -0.2) is 14.5 Å². The zero-order chi connectivity index (χ0) is 15.7. The van der Waals surface area contributed by atoms with E-state index in [0.717, 1.165) is 16.2 Å². The third-order valence-corrected chi connectivity index (χ3v) is 3.83. The number of ether oxygens (including phenoxy) is 1. The molecule has 7 nitrogen and oxygen atoms in total. The summed E-state index contributed by atoms with van der Waals surface area (Å²) in [7, 11) is 0. The lowest BCUT2D eigenvalue weighted by Gasteiger charge is -2.40. The van der Waals surface area contributed by atoms with E-state index in [0.29, 0.717) is 19.6 Å². The SMILES string of the molecule is Cc1ccc(NC(=O)N2CC(CN3C(=O)COC3=O)C2)cc1. The Hall–Kier alpha value is -2.57. The molecule has 0 aliphatic carbocycles. The number of imide groups is 1. The molecule has 116 valence electrons. The summed E-state index contributed by atoms with van der Waals surface area (Å²) in [6.45, 7) is 3.16. The Morgan fingerprint density at radius 3 is 2.55 bits per heavy atom. The molecule has 0 unspecified atom stereocenters. The van der Waals surface area contributed by atoms with Crippen molar-refractivity contribution in [3.63, 3.8) is 0 Å². The van der Waals surface area contributed by atoms with Gasteiger partial charge in [0, 0.05) is 31.2 Å². The van der Waals surface area contributed by atoms with E-state index < -0.39 is 6.09 Å². The molecule has 1 aromatic carbocycles. The van der Waals surface area contributed by atoms with Gasteiger partial charge in [-0.15, -0.1) is 0 Å². The Balaban J connectivity index is 1.46. The largest absolute Gasteiger partial charge is 0.439 e. The van der Waals surface area contributed by atoms with Crippen LogP contribution in [0.2, 0.25) is 0 Å². The number of nitrogens with one attached hydrogen (secondary N) is 1. The molecule has 0 saturated carbocycles. The lowest BCUT2D eigenvalue weighted by atomic mass is 10.0. The zero-order valence-corrected chi connectivity index (χ0v) is 12.2.